The van der Waals surface area contributed by atoms with Crippen molar-refractivity contribution in [1.29, 1.82) is 0 Å². The number of rotatable bonds is 12. The molecular weight excluding hydrogens is 547 g/mol. The van der Waals surface area contributed by atoms with Crippen LogP contribution in [0.4, 0.5) is 5.69 Å². The number of benzene rings is 3. The summed E-state index contributed by atoms with van der Waals surface area (Å²) in [7, 11) is 0. The third kappa shape index (κ3) is 7.21. The minimum absolute atomic E-state index is 0.0386. The minimum Gasteiger partial charge on any atom is -0.506 e. The molecule has 0 fully saturated rings. The van der Waals surface area contributed by atoms with Crippen LogP contribution in [0.3, 0.4) is 0 Å². The lowest BCUT2D eigenvalue weighted by Gasteiger charge is -2.30. The number of phenolic OH excluding ortho intramolecular Hbond substituents is 1. The van der Waals surface area contributed by atoms with Gasteiger partial charge in [-0.05, 0) is 47.8 Å². The topological polar surface area (TPSA) is 87.7 Å². The van der Waals surface area contributed by atoms with Crippen LogP contribution in [0.5, 0.6) is 11.5 Å². The molecule has 0 aromatic heterocycles. The largest absolute Gasteiger partial charge is 0.506 e. The van der Waals surface area contributed by atoms with Crippen molar-refractivity contribution in [3.05, 3.63) is 65.2 Å². The number of nitrogens with one attached hydrogen (secondary N) is 2. The second kappa shape index (κ2) is 13.1. The number of carbonyl (C=O) groups excluding carboxylic acids is 2. The Morgan fingerprint density at radius 1 is 0.950 bits per heavy atom. The number of aromatic hydroxyl groups is 1. The van der Waals surface area contributed by atoms with E-state index in [0.29, 0.717) is 36.0 Å². The fraction of sp³-hybridized carbons (Fsp3) is 0.438. The first-order chi connectivity index (χ1) is 18.8. The Morgan fingerprint density at radius 2 is 1.60 bits per heavy atom. The molecule has 0 saturated carbocycles. The van der Waals surface area contributed by atoms with Gasteiger partial charge in [-0.25, -0.2) is 0 Å². The Bertz CT molecular complexity index is 1370. The standard InChI is InChI=1S/C32H40Cl2N2O4/c1-7-31(3,4)20-14-15-26(24(18-20)32(5,6)8-2)40-17-11-16-35-29(38)23-19-25(36-30(39)28(33)34)21-12-9-10-13-22(21)27(23)37/h9-10,12-15,18-19,28,37H,7-8,11,16-17H2,1-6H3,(H,35,38)(H,36,39). The van der Waals surface area contributed by atoms with Crippen molar-refractivity contribution in [2.45, 2.75) is 76.5 Å². The Hall–Kier alpha value is -2.96. The molecule has 6 nitrogen and oxygen atoms in total. The van der Waals surface area contributed by atoms with Crippen LogP contribution < -0.4 is 15.4 Å². The van der Waals surface area contributed by atoms with Crippen molar-refractivity contribution < 1.29 is 19.4 Å². The van der Waals surface area contributed by atoms with Gasteiger partial charge in [0.05, 0.1) is 12.2 Å². The van der Waals surface area contributed by atoms with Gasteiger partial charge in [0, 0.05) is 28.6 Å². The number of hydrogen-bond donors (Lipinski definition) is 3. The Balaban J connectivity index is 1.70. The van der Waals surface area contributed by atoms with Gasteiger partial charge in [0.1, 0.15) is 11.5 Å². The molecule has 0 aliphatic rings. The van der Waals surface area contributed by atoms with E-state index < -0.39 is 16.7 Å². The van der Waals surface area contributed by atoms with Crippen LogP contribution in [-0.4, -0.2) is 34.9 Å². The fourth-order valence-corrected chi connectivity index (χ4v) is 4.48. The van der Waals surface area contributed by atoms with Crippen LogP contribution in [0, 0.1) is 0 Å². The summed E-state index contributed by atoms with van der Waals surface area (Å²) in [6.45, 7) is 14.1. The molecule has 0 radical (unpaired) electrons. The summed E-state index contributed by atoms with van der Waals surface area (Å²) in [5.41, 5.74) is 2.88. The Morgan fingerprint density at radius 3 is 2.23 bits per heavy atom. The van der Waals surface area contributed by atoms with Gasteiger partial charge >= 0.3 is 0 Å². The summed E-state index contributed by atoms with van der Waals surface area (Å²) in [6, 6.07) is 14.8. The first kappa shape index (κ1) is 31.6. The average molecular weight is 588 g/mol. The van der Waals surface area contributed by atoms with Gasteiger partial charge in [0.2, 0.25) is 0 Å². The van der Waals surface area contributed by atoms with Gasteiger partial charge in [0.25, 0.3) is 11.8 Å². The summed E-state index contributed by atoms with van der Waals surface area (Å²) in [4.78, 5) is 23.9. The van der Waals surface area contributed by atoms with E-state index >= 15 is 0 Å². The first-order valence-electron chi connectivity index (χ1n) is 13.7. The molecule has 0 aliphatic carbocycles. The second-order valence-corrected chi connectivity index (χ2v) is 12.4. The first-order valence-corrected chi connectivity index (χ1v) is 14.6. The van der Waals surface area contributed by atoms with E-state index in [1.807, 2.05) is 0 Å². The summed E-state index contributed by atoms with van der Waals surface area (Å²) in [6.07, 6.45) is 2.58. The van der Waals surface area contributed by atoms with Gasteiger partial charge in [-0.2, -0.15) is 0 Å². The molecule has 0 bridgehead atoms. The molecule has 3 aromatic rings. The van der Waals surface area contributed by atoms with Crippen molar-refractivity contribution >= 4 is 51.5 Å². The molecule has 3 aromatic carbocycles. The molecular formula is C32H40Cl2N2O4. The molecule has 8 heteroatoms. The molecule has 0 heterocycles. The quantitative estimate of drug-likeness (QED) is 0.114. The van der Waals surface area contributed by atoms with Gasteiger partial charge in [0.15, 0.2) is 4.84 Å². The number of ether oxygens (including phenoxy) is 1. The molecule has 216 valence electrons. The van der Waals surface area contributed by atoms with Crippen molar-refractivity contribution in [2.75, 3.05) is 18.5 Å². The van der Waals surface area contributed by atoms with Gasteiger partial charge in [-0.3, -0.25) is 9.59 Å². The van der Waals surface area contributed by atoms with E-state index in [9.17, 15) is 14.7 Å². The molecule has 0 spiro atoms. The molecule has 0 unspecified atom stereocenters. The number of hydrogen-bond acceptors (Lipinski definition) is 4. The number of halogens is 2. The van der Waals surface area contributed by atoms with Crippen molar-refractivity contribution in [3.63, 3.8) is 0 Å². The number of amides is 2. The number of alkyl halides is 2. The van der Waals surface area contributed by atoms with Crippen molar-refractivity contribution in [2.24, 2.45) is 0 Å². The van der Waals surface area contributed by atoms with Crippen LogP contribution >= 0.6 is 23.2 Å². The normalized spacial score (nSPS) is 12.0. The lowest BCUT2D eigenvalue weighted by atomic mass is 9.76. The van der Waals surface area contributed by atoms with Crippen molar-refractivity contribution in [3.8, 4) is 11.5 Å². The van der Waals surface area contributed by atoms with E-state index in [2.05, 4.69) is 70.4 Å². The zero-order valence-electron chi connectivity index (χ0n) is 24.2. The minimum atomic E-state index is -1.28. The van der Waals surface area contributed by atoms with Crippen LogP contribution in [-0.2, 0) is 15.6 Å². The van der Waals surface area contributed by atoms with Crippen LogP contribution in [0.15, 0.2) is 48.5 Å². The van der Waals surface area contributed by atoms with Gasteiger partial charge in [-0.15, -0.1) is 0 Å². The highest BCUT2D eigenvalue weighted by Gasteiger charge is 2.27. The summed E-state index contributed by atoms with van der Waals surface area (Å²) >= 11 is 11.4. The summed E-state index contributed by atoms with van der Waals surface area (Å²) in [5.74, 6) is -0.402. The second-order valence-electron chi connectivity index (χ2n) is 11.3. The van der Waals surface area contributed by atoms with E-state index in [4.69, 9.17) is 27.9 Å². The molecule has 0 aliphatic heterocycles. The van der Waals surface area contributed by atoms with E-state index in [0.717, 1.165) is 18.6 Å². The third-order valence-electron chi connectivity index (χ3n) is 7.84. The number of carbonyl (C=O) groups is 2. The van der Waals surface area contributed by atoms with Crippen LogP contribution in [0.25, 0.3) is 10.8 Å². The third-order valence-corrected chi connectivity index (χ3v) is 8.24. The van der Waals surface area contributed by atoms with Crippen molar-refractivity contribution in [1.82, 2.24) is 5.32 Å². The Labute approximate surface area is 247 Å². The van der Waals surface area contributed by atoms with Crippen LogP contribution in [0.2, 0.25) is 0 Å². The fourth-order valence-electron chi connectivity index (χ4n) is 4.38. The lowest BCUT2D eigenvalue weighted by molar-refractivity contribution is -0.114. The molecule has 3 rings (SSSR count). The highest BCUT2D eigenvalue weighted by molar-refractivity contribution is 6.54. The zero-order valence-corrected chi connectivity index (χ0v) is 25.7. The lowest BCUT2D eigenvalue weighted by Crippen LogP contribution is -2.26. The number of phenols is 1. The SMILES string of the molecule is CCC(C)(C)c1ccc(OCCCNC(=O)c2cc(NC(=O)C(Cl)Cl)c3ccccc3c2O)c(C(C)(C)CC)c1. The highest BCUT2D eigenvalue weighted by Crippen LogP contribution is 2.39. The zero-order chi connectivity index (χ0) is 29.7. The molecule has 0 saturated heterocycles. The predicted molar refractivity (Wildman–Crippen MR) is 165 cm³/mol. The maximum Gasteiger partial charge on any atom is 0.257 e. The smallest absolute Gasteiger partial charge is 0.257 e. The molecule has 2 amide bonds. The maximum absolute atomic E-state index is 13.0. The van der Waals surface area contributed by atoms with E-state index in [-0.39, 0.29) is 22.1 Å². The van der Waals surface area contributed by atoms with Crippen LogP contribution in [0.1, 0.15) is 82.3 Å². The number of anilines is 1. The van der Waals surface area contributed by atoms with Gasteiger partial charge in [-0.1, -0.05) is 101 Å². The average Bonchev–Trinajstić information content (AvgIpc) is 2.94. The highest BCUT2D eigenvalue weighted by atomic mass is 35.5. The summed E-state index contributed by atoms with van der Waals surface area (Å²) < 4.78 is 6.21. The molecule has 3 N–H and O–H groups in total. The number of fused-ring (bicyclic) bond motifs is 1. The van der Waals surface area contributed by atoms with E-state index in [1.54, 1.807) is 24.3 Å². The molecule has 0 atom stereocenters. The Kier molecular flexibility index (Phi) is 10.4. The van der Waals surface area contributed by atoms with Gasteiger partial charge < -0.3 is 20.5 Å². The summed E-state index contributed by atoms with van der Waals surface area (Å²) in [5, 5.41) is 17.3. The molecule has 40 heavy (non-hydrogen) atoms. The predicted octanol–water partition coefficient (Wildman–Crippen LogP) is 7.86. The van der Waals surface area contributed by atoms with E-state index in [1.165, 1.54) is 17.2 Å². The maximum atomic E-state index is 13.0. The monoisotopic (exact) mass is 586 g/mol.